The number of hydrogen-bond donors (Lipinski definition) is 0. The lowest BCUT2D eigenvalue weighted by atomic mass is 10.1. The quantitative estimate of drug-likeness (QED) is 0.603. The molecule has 0 aromatic carbocycles. The summed E-state index contributed by atoms with van der Waals surface area (Å²) >= 11 is 0. The average molecular weight is 269 g/mol. The molecule has 0 unspecified atom stereocenters. The van der Waals surface area contributed by atoms with Gasteiger partial charge in [0.15, 0.2) is 0 Å². The van der Waals surface area contributed by atoms with E-state index in [4.69, 9.17) is 0 Å². The van der Waals surface area contributed by atoms with Crippen molar-refractivity contribution >= 4 is 0 Å². The van der Waals surface area contributed by atoms with Crippen LogP contribution in [0.25, 0.3) is 0 Å². The molecule has 0 saturated heterocycles. The molecule has 1 heterocycles. The molecular formula is C16H35N3. The van der Waals surface area contributed by atoms with Crippen LogP contribution in [0.15, 0.2) is 6.20 Å². The number of rotatable bonds is 8. The molecule has 1 aromatic heterocycles. The SMILES string of the molecule is CC.CC.CCCCCCCc1cn(CCC)nn1. The Morgan fingerprint density at radius 1 is 0.895 bits per heavy atom. The number of aromatic nitrogens is 3. The summed E-state index contributed by atoms with van der Waals surface area (Å²) in [6, 6.07) is 0. The molecular weight excluding hydrogens is 234 g/mol. The van der Waals surface area contributed by atoms with Gasteiger partial charge in [-0.3, -0.25) is 4.68 Å². The van der Waals surface area contributed by atoms with E-state index in [1.165, 1.54) is 32.1 Å². The lowest BCUT2D eigenvalue weighted by molar-refractivity contribution is 0.578. The van der Waals surface area contributed by atoms with Crippen molar-refractivity contribution in [1.29, 1.82) is 0 Å². The Bertz CT molecular complexity index is 256. The Hall–Kier alpha value is -0.860. The monoisotopic (exact) mass is 269 g/mol. The molecule has 0 amide bonds. The van der Waals surface area contributed by atoms with E-state index in [2.05, 4.69) is 30.4 Å². The largest absolute Gasteiger partial charge is 0.252 e. The summed E-state index contributed by atoms with van der Waals surface area (Å²) in [5.74, 6) is 0. The summed E-state index contributed by atoms with van der Waals surface area (Å²) < 4.78 is 1.95. The third-order valence-electron chi connectivity index (χ3n) is 2.58. The van der Waals surface area contributed by atoms with Gasteiger partial charge in [0.2, 0.25) is 0 Å². The van der Waals surface area contributed by atoms with Crippen molar-refractivity contribution in [2.24, 2.45) is 0 Å². The Labute approximate surface area is 120 Å². The van der Waals surface area contributed by atoms with Gasteiger partial charge in [0, 0.05) is 12.7 Å². The summed E-state index contributed by atoms with van der Waals surface area (Å²) in [5.41, 5.74) is 1.15. The first-order valence-electron chi connectivity index (χ1n) is 8.25. The first-order chi connectivity index (χ1) is 9.36. The van der Waals surface area contributed by atoms with Crippen LogP contribution in [-0.4, -0.2) is 15.0 Å². The molecule has 0 aliphatic carbocycles. The first kappa shape index (κ1) is 20.5. The molecule has 1 aromatic rings. The molecule has 0 bridgehead atoms. The fourth-order valence-electron chi connectivity index (χ4n) is 1.70. The Morgan fingerprint density at radius 3 is 2.11 bits per heavy atom. The minimum Gasteiger partial charge on any atom is -0.252 e. The topological polar surface area (TPSA) is 30.7 Å². The Balaban J connectivity index is 0. The molecule has 0 aliphatic rings. The van der Waals surface area contributed by atoms with Gasteiger partial charge in [-0.1, -0.05) is 72.4 Å². The fraction of sp³-hybridized carbons (Fsp3) is 0.875. The molecule has 114 valence electrons. The highest BCUT2D eigenvalue weighted by Gasteiger charge is 1.99. The third kappa shape index (κ3) is 11.9. The first-order valence-corrected chi connectivity index (χ1v) is 8.25. The smallest absolute Gasteiger partial charge is 0.0827 e. The van der Waals surface area contributed by atoms with Crippen LogP contribution < -0.4 is 0 Å². The van der Waals surface area contributed by atoms with E-state index in [-0.39, 0.29) is 0 Å². The van der Waals surface area contributed by atoms with Gasteiger partial charge in [-0.05, 0) is 19.3 Å². The van der Waals surface area contributed by atoms with Gasteiger partial charge < -0.3 is 0 Å². The van der Waals surface area contributed by atoms with Crippen molar-refractivity contribution in [3.05, 3.63) is 11.9 Å². The van der Waals surface area contributed by atoms with Crippen molar-refractivity contribution in [3.8, 4) is 0 Å². The number of aryl methyl sites for hydroxylation is 2. The molecule has 0 atom stereocenters. The molecule has 0 spiro atoms. The third-order valence-corrected chi connectivity index (χ3v) is 2.58. The van der Waals surface area contributed by atoms with Crippen molar-refractivity contribution in [2.45, 2.75) is 93.0 Å². The molecule has 3 heteroatoms. The van der Waals surface area contributed by atoms with E-state index >= 15 is 0 Å². The minimum absolute atomic E-state index is 0.989. The van der Waals surface area contributed by atoms with Gasteiger partial charge in [-0.2, -0.15) is 0 Å². The van der Waals surface area contributed by atoms with Crippen molar-refractivity contribution in [2.75, 3.05) is 0 Å². The predicted octanol–water partition coefficient (Wildman–Crippen LogP) is 5.25. The standard InChI is InChI=1S/C12H23N3.2C2H6/c1-3-5-6-7-8-9-12-11-15(10-4-2)14-13-12;2*1-2/h11H,3-10H2,1-2H3;2*1-2H3. The predicted molar refractivity (Wildman–Crippen MR) is 85.5 cm³/mol. The zero-order valence-electron chi connectivity index (χ0n) is 14.1. The molecule has 0 fully saturated rings. The lowest BCUT2D eigenvalue weighted by Crippen LogP contribution is -1.96. The highest BCUT2D eigenvalue weighted by atomic mass is 15.4. The van der Waals surface area contributed by atoms with Gasteiger partial charge in [-0.15, -0.1) is 5.10 Å². The summed E-state index contributed by atoms with van der Waals surface area (Å²) in [6.07, 6.45) is 10.9. The second-order valence-corrected chi connectivity index (χ2v) is 4.14. The van der Waals surface area contributed by atoms with Crippen LogP contribution in [-0.2, 0) is 13.0 Å². The van der Waals surface area contributed by atoms with Crippen molar-refractivity contribution in [3.63, 3.8) is 0 Å². The Kier molecular flexibility index (Phi) is 18.5. The van der Waals surface area contributed by atoms with Crippen LogP contribution in [0, 0.1) is 0 Å². The molecule has 3 nitrogen and oxygen atoms in total. The van der Waals surface area contributed by atoms with E-state index in [1.54, 1.807) is 0 Å². The maximum absolute atomic E-state index is 4.17. The summed E-state index contributed by atoms with van der Waals surface area (Å²) in [4.78, 5) is 0. The van der Waals surface area contributed by atoms with Crippen LogP contribution in [0.5, 0.6) is 0 Å². The summed E-state index contributed by atoms with van der Waals surface area (Å²) in [5, 5.41) is 8.25. The second kappa shape index (κ2) is 17.1. The van der Waals surface area contributed by atoms with Gasteiger partial charge >= 0.3 is 0 Å². The minimum atomic E-state index is 0.989. The highest BCUT2D eigenvalue weighted by Crippen LogP contribution is 2.06. The highest BCUT2D eigenvalue weighted by molar-refractivity contribution is 4.91. The van der Waals surface area contributed by atoms with Crippen LogP contribution in [0.1, 0.15) is 85.8 Å². The summed E-state index contributed by atoms with van der Waals surface area (Å²) in [7, 11) is 0. The molecule has 0 radical (unpaired) electrons. The van der Waals surface area contributed by atoms with Crippen LogP contribution in [0.3, 0.4) is 0 Å². The molecule has 0 N–H and O–H groups in total. The van der Waals surface area contributed by atoms with Crippen LogP contribution >= 0.6 is 0 Å². The van der Waals surface area contributed by atoms with Gasteiger partial charge in [0.25, 0.3) is 0 Å². The second-order valence-electron chi connectivity index (χ2n) is 4.14. The number of unbranched alkanes of at least 4 members (excludes halogenated alkanes) is 4. The van der Waals surface area contributed by atoms with E-state index in [9.17, 15) is 0 Å². The zero-order chi connectivity index (χ0) is 14.9. The van der Waals surface area contributed by atoms with E-state index in [1.807, 2.05) is 32.4 Å². The lowest BCUT2D eigenvalue weighted by Gasteiger charge is -1.97. The maximum Gasteiger partial charge on any atom is 0.0827 e. The van der Waals surface area contributed by atoms with Gasteiger partial charge in [0.05, 0.1) is 5.69 Å². The normalized spacial score (nSPS) is 9.16. The fourth-order valence-corrected chi connectivity index (χ4v) is 1.70. The average Bonchev–Trinajstić information content (AvgIpc) is 2.91. The molecule has 1 rings (SSSR count). The van der Waals surface area contributed by atoms with E-state index in [0.717, 1.165) is 25.1 Å². The zero-order valence-corrected chi connectivity index (χ0v) is 14.1. The van der Waals surface area contributed by atoms with Crippen LogP contribution in [0.4, 0.5) is 0 Å². The van der Waals surface area contributed by atoms with Gasteiger partial charge in [0.1, 0.15) is 0 Å². The maximum atomic E-state index is 4.17. The number of nitrogens with zero attached hydrogens (tertiary/aromatic N) is 3. The van der Waals surface area contributed by atoms with Crippen molar-refractivity contribution < 1.29 is 0 Å². The number of hydrogen-bond acceptors (Lipinski definition) is 2. The Morgan fingerprint density at radius 2 is 1.53 bits per heavy atom. The molecule has 19 heavy (non-hydrogen) atoms. The van der Waals surface area contributed by atoms with Crippen LogP contribution in [0.2, 0.25) is 0 Å². The van der Waals surface area contributed by atoms with E-state index < -0.39 is 0 Å². The summed E-state index contributed by atoms with van der Waals surface area (Å²) in [6.45, 7) is 13.4. The van der Waals surface area contributed by atoms with Crippen molar-refractivity contribution in [1.82, 2.24) is 15.0 Å². The van der Waals surface area contributed by atoms with E-state index in [0.29, 0.717) is 0 Å². The molecule has 0 saturated carbocycles. The van der Waals surface area contributed by atoms with Gasteiger partial charge in [-0.25, -0.2) is 0 Å². The molecule has 0 aliphatic heterocycles.